The lowest BCUT2D eigenvalue weighted by Gasteiger charge is -2.24. The van der Waals surface area contributed by atoms with Gasteiger partial charge in [-0.3, -0.25) is 9.59 Å². The zero-order chi connectivity index (χ0) is 18.8. The normalized spacial score (nSPS) is 17.2. The van der Waals surface area contributed by atoms with E-state index in [1.54, 1.807) is 4.90 Å². The average Bonchev–Trinajstić information content (AvgIpc) is 2.76. The molecule has 1 aromatic carbocycles. The predicted octanol–water partition coefficient (Wildman–Crippen LogP) is 5.16. The number of hydrogen-bond donors (Lipinski definition) is 0. The van der Waals surface area contributed by atoms with Gasteiger partial charge in [-0.25, -0.2) is 0 Å². The average molecular weight is 359 g/mol. The maximum Gasteiger partial charge on any atom is 0.231 e. The van der Waals surface area contributed by atoms with Crippen LogP contribution in [-0.2, 0) is 9.59 Å². The third-order valence-corrected chi connectivity index (χ3v) is 5.25. The minimum atomic E-state index is -0.175. The van der Waals surface area contributed by atoms with Crippen LogP contribution in [0.15, 0.2) is 24.3 Å². The lowest BCUT2D eigenvalue weighted by atomic mass is 10.1. The summed E-state index contributed by atoms with van der Waals surface area (Å²) < 4.78 is 0. The molecule has 0 saturated heterocycles. The Morgan fingerprint density at radius 3 is 2.15 bits per heavy atom. The zero-order valence-corrected chi connectivity index (χ0v) is 16.5. The second kappa shape index (κ2) is 11.0. The number of unbranched alkanes of at least 4 members (excludes halogenated alkanes) is 8. The van der Waals surface area contributed by atoms with Gasteiger partial charge in [-0.05, 0) is 18.6 Å². The molecule has 1 aliphatic heterocycles. The summed E-state index contributed by atoms with van der Waals surface area (Å²) in [5, 5.41) is 0. The van der Waals surface area contributed by atoms with E-state index in [9.17, 15) is 9.59 Å². The highest BCUT2D eigenvalue weighted by atomic mass is 16.2. The van der Waals surface area contributed by atoms with Gasteiger partial charge in [-0.1, -0.05) is 77.3 Å². The maximum atomic E-state index is 12.8. The largest absolute Gasteiger partial charge is 0.312 e. The first-order chi connectivity index (χ1) is 12.7. The van der Waals surface area contributed by atoms with Crippen LogP contribution in [0.5, 0.6) is 0 Å². The molecule has 2 amide bonds. The quantitative estimate of drug-likeness (QED) is 0.405. The van der Waals surface area contributed by atoms with E-state index in [-0.39, 0.29) is 11.8 Å². The fraction of sp³-hybridized carbons (Fsp3) is 0.636. The third-order valence-electron chi connectivity index (χ3n) is 5.25. The van der Waals surface area contributed by atoms with Gasteiger partial charge >= 0.3 is 0 Å². The first-order valence-electron chi connectivity index (χ1n) is 10.3. The van der Waals surface area contributed by atoms with Crippen LogP contribution >= 0.6 is 0 Å². The topological polar surface area (TPSA) is 40.6 Å². The van der Waals surface area contributed by atoms with E-state index < -0.39 is 0 Å². The second-order valence-corrected chi connectivity index (χ2v) is 7.47. The van der Waals surface area contributed by atoms with Crippen molar-refractivity contribution in [2.75, 3.05) is 22.9 Å². The van der Waals surface area contributed by atoms with Crippen LogP contribution in [0.4, 0.5) is 11.4 Å². The number of fused-ring (bicyclic) bond motifs is 1. The van der Waals surface area contributed by atoms with Gasteiger partial charge in [0.25, 0.3) is 0 Å². The highest BCUT2D eigenvalue weighted by Gasteiger charge is 2.30. The maximum absolute atomic E-state index is 12.8. The van der Waals surface area contributed by atoms with Crippen LogP contribution in [0.25, 0.3) is 0 Å². The molecule has 1 unspecified atom stereocenters. The number of nitrogens with zero attached hydrogens (tertiary/aromatic N) is 2. The summed E-state index contributed by atoms with van der Waals surface area (Å²) in [7, 11) is 0. The molecular formula is C22H34N2O2. The van der Waals surface area contributed by atoms with Gasteiger partial charge in [0.2, 0.25) is 12.3 Å². The van der Waals surface area contributed by atoms with E-state index in [0.29, 0.717) is 6.54 Å². The fourth-order valence-electron chi connectivity index (χ4n) is 3.70. The molecule has 0 aromatic heterocycles. The SMILES string of the molecule is CCCCCCCCCCCN1C(=O)C(C)CN(C=O)c2ccccc21. The number of anilines is 2. The molecule has 1 atom stereocenters. The van der Waals surface area contributed by atoms with E-state index in [1.165, 1.54) is 44.9 Å². The van der Waals surface area contributed by atoms with Crippen LogP contribution in [-0.4, -0.2) is 25.4 Å². The summed E-state index contributed by atoms with van der Waals surface area (Å²) in [4.78, 5) is 27.8. The van der Waals surface area contributed by atoms with Gasteiger partial charge in [-0.15, -0.1) is 0 Å². The van der Waals surface area contributed by atoms with Crippen LogP contribution in [0.2, 0.25) is 0 Å². The lowest BCUT2D eigenvalue weighted by Crippen LogP contribution is -2.37. The van der Waals surface area contributed by atoms with E-state index in [1.807, 2.05) is 36.1 Å². The van der Waals surface area contributed by atoms with Gasteiger partial charge < -0.3 is 9.80 Å². The molecule has 4 heteroatoms. The molecule has 1 aromatic rings. The number of hydrogen-bond acceptors (Lipinski definition) is 2. The number of rotatable bonds is 11. The smallest absolute Gasteiger partial charge is 0.231 e. The highest BCUT2D eigenvalue weighted by Crippen LogP contribution is 2.33. The number of carbonyl (C=O) groups is 2. The van der Waals surface area contributed by atoms with Gasteiger partial charge in [-0.2, -0.15) is 0 Å². The van der Waals surface area contributed by atoms with E-state index in [0.717, 1.165) is 37.2 Å². The first-order valence-corrected chi connectivity index (χ1v) is 10.3. The Labute approximate surface area is 158 Å². The molecule has 0 saturated carbocycles. The molecule has 0 N–H and O–H groups in total. The van der Waals surface area contributed by atoms with Crippen LogP contribution in [0, 0.1) is 5.92 Å². The van der Waals surface area contributed by atoms with E-state index in [2.05, 4.69) is 6.92 Å². The summed E-state index contributed by atoms with van der Waals surface area (Å²) in [5.41, 5.74) is 1.71. The number of carbonyl (C=O) groups excluding carboxylic acids is 2. The third kappa shape index (κ3) is 5.58. The summed E-state index contributed by atoms with van der Waals surface area (Å²) >= 11 is 0. The monoisotopic (exact) mass is 358 g/mol. The first kappa shape index (κ1) is 20.5. The van der Waals surface area contributed by atoms with E-state index >= 15 is 0 Å². The highest BCUT2D eigenvalue weighted by molar-refractivity contribution is 6.02. The Morgan fingerprint density at radius 2 is 1.54 bits per heavy atom. The van der Waals surface area contributed by atoms with Gasteiger partial charge in [0.1, 0.15) is 0 Å². The number of benzene rings is 1. The van der Waals surface area contributed by atoms with E-state index in [4.69, 9.17) is 0 Å². The minimum Gasteiger partial charge on any atom is -0.312 e. The second-order valence-electron chi connectivity index (χ2n) is 7.47. The van der Waals surface area contributed by atoms with Gasteiger partial charge in [0.05, 0.1) is 17.3 Å². The Balaban J connectivity index is 1.86. The Kier molecular flexibility index (Phi) is 8.66. The van der Waals surface area contributed by atoms with Crippen molar-refractivity contribution in [3.8, 4) is 0 Å². The minimum absolute atomic E-state index is 0.126. The van der Waals surface area contributed by atoms with Crippen molar-refractivity contribution in [1.29, 1.82) is 0 Å². The Bertz CT molecular complexity index is 573. The van der Waals surface area contributed by atoms with Crippen LogP contribution in [0.1, 0.15) is 71.6 Å². The molecule has 0 spiro atoms. The standard InChI is InChI=1S/C22H34N2O2/c1-3-4-5-6-7-8-9-10-13-16-24-21-15-12-11-14-20(21)23(18-25)17-19(2)22(24)26/h11-12,14-15,18-19H,3-10,13,16-17H2,1-2H3. The van der Waals surface area contributed by atoms with Crippen molar-refractivity contribution >= 4 is 23.7 Å². The molecular weight excluding hydrogens is 324 g/mol. The molecule has 0 fully saturated rings. The molecule has 1 heterocycles. The molecule has 144 valence electrons. The molecule has 1 aliphatic rings. The zero-order valence-electron chi connectivity index (χ0n) is 16.5. The van der Waals surface area contributed by atoms with Crippen LogP contribution < -0.4 is 9.80 Å². The lowest BCUT2D eigenvalue weighted by molar-refractivity contribution is -0.121. The Hall–Kier alpha value is -1.84. The molecule has 0 radical (unpaired) electrons. The summed E-state index contributed by atoms with van der Waals surface area (Å²) in [6, 6.07) is 7.74. The van der Waals surface area contributed by atoms with Gasteiger partial charge in [0, 0.05) is 13.1 Å². The molecule has 0 aliphatic carbocycles. The van der Waals surface area contributed by atoms with Crippen molar-refractivity contribution in [3.05, 3.63) is 24.3 Å². The summed E-state index contributed by atoms with van der Waals surface area (Å²) in [5.74, 6) is -0.0486. The summed E-state index contributed by atoms with van der Waals surface area (Å²) in [6.07, 6.45) is 12.2. The number of amides is 2. The van der Waals surface area contributed by atoms with Crippen molar-refractivity contribution in [3.63, 3.8) is 0 Å². The van der Waals surface area contributed by atoms with Crippen molar-refractivity contribution in [2.45, 2.75) is 71.6 Å². The fourth-order valence-corrected chi connectivity index (χ4v) is 3.70. The Morgan fingerprint density at radius 1 is 0.962 bits per heavy atom. The molecule has 2 rings (SSSR count). The van der Waals surface area contributed by atoms with Crippen molar-refractivity contribution in [1.82, 2.24) is 0 Å². The number of para-hydroxylation sites is 2. The molecule has 26 heavy (non-hydrogen) atoms. The molecule has 4 nitrogen and oxygen atoms in total. The van der Waals surface area contributed by atoms with Gasteiger partial charge in [0.15, 0.2) is 0 Å². The predicted molar refractivity (Wildman–Crippen MR) is 109 cm³/mol. The molecule has 0 bridgehead atoms. The summed E-state index contributed by atoms with van der Waals surface area (Å²) in [6.45, 7) is 5.35. The van der Waals surface area contributed by atoms with Crippen molar-refractivity contribution < 1.29 is 9.59 Å². The van der Waals surface area contributed by atoms with Crippen molar-refractivity contribution in [2.24, 2.45) is 5.92 Å². The van der Waals surface area contributed by atoms with Crippen LogP contribution in [0.3, 0.4) is 0 Å².